The Morgan fingerprint density at radius 1 is 1.17 bits per heavy atom. The van der Waals surface area contributed by atoms with Crippen LogP contribution in [0, 0.1) is 0 Å². The van der Waals surface area contributed by atoms with Crippen LogP contribution in [0.4, 0.5) is 0 Å². The standard InChI is InChI=1S/C7H14N2O3/c1-9-4-2-3(8-9)5(10)7(12)6(4)11/h3-8,10-12H,2H2,1H3/t3-,4+,5+,6-,7-/m0/s1. The number of fused-ring (bicyclic) bond motifs is 2. The van der Waals surface area contributed by atoms with Gasteiger partial charge in [-0.1, -0.05) is 0 Å². The van der Waals surface area contributed by atoms with Crippen LogP contribution in [0.5, 0.6) is 0 Å². The molecule has 1 saturated heterocycles. The Kier molecular flexibility index (Phi) is 1.85. The van der Waals surface area contributed by atoms with Crippen molar-refractivity contribution in [1.82, 2.24) is 10.4 Å². The fourth-order valence-corrected chi connectivity index (χ4v) is 2.08. The summed E-state index contributed by atoms with van der Waals surface area (Å²) in [4.78, 5) is 0. The summed E-state index contributed by atoms with van der Waals surface area (Å²) in [6.45, 7) is 0. The number of likely N-dealkylation sites (N-methyl/N-ethyl adjacent to an activating group) is 1. The molecule has 0 spiro atoms. The molecule has 5 atom stereocenters. The number of aliphatic hydroxyl groups excluding tert-OH is 3. The van der Waals surface area contributed by atoms with Crippen LogP contribution in [0.1, 0.15) is 6.42 Å². The van der Waals surface area contributed by atoms with Crippen LogP contribution in [0.2, 0.25) is 0 Å². The van der Waals surface area contributed by atoms with Gasteiger partial charge < -0.3 is 15.3 Å². The first-order chi connectivity index (χ1) is 5.61. The van der Waals surface area contributed by atoms with E-state index >= 15 is 0 Å². The first kappa shape index (κ1) is 8.40. The lowest BCUT2D eigenvalue weighted by Crippen LogP contribution is -2.53. The van der Waals surface area contributed by atoms with Crippen molar-refractivity contribution < 1.29 is 15.3 Å². The molecule has 2 aliphatic rings. The van der Waals surface area contributed by atoms with Crippen molar-refractivity contribution in [2.75, 3.05) is 7.05 Å². The molecule has 0 unspecified atom stereocenters. The van der Waals surface area contributed by atoms with Gasteiger partial charge in [-0.2, -0.15) is 0 Å². The third kappa shape index (κ3) is 0.982. The van der Waals surface area contributed by atoms with Crippen molar-refractivity contribution in [3.63, 3.8) is 0 Å². The zero-order valence-electron chi connectivity index (χ0n) is 6.88. The van der Waals surface area contributed by atoms with E-state index in [0.717, 1.165) is 0 Å². The smallest absolute Gasteiger partial charge is 0.109 e. The van der Waals surface area contributed by atoms with E-state index in [2.05, 4.69) is 5.43 Å². The van der Waals surface area contributed by atoms with E-state index in [4.69, 9.17) is 0 Å². The molecule has 5 nitrogen and oxygen atoms in total. The lowest BCUT2D eigenvalue weighted by atomic mass is 9.86. The van der Waals surface area contributed by atoms with Crippen molar-refractivity contribution >= 4 is 0 Å². The van der Waals surface area contributed by atoms with Crippen LogP contribution < -0.4 is 5.43 Å². The van der Waals surface area contributed by atoms with Crippen molar-refractivity contribution in [1.29, 1.82) is 0 Å². The van der Waals surface area contributed by atoms with Gasteiger partial charge in [0.1, 0.15) is 6.10 Å². The van der Waals surface area contributed by atoms with Gasteiger partial charge in [0.25, 0.3) is 0 Å². The second-order valence-electron chi connectivity index (χ2n) is 3.62. The molecule has 0 aromatic heterocycles. The van der Waals surface area contributed by atoms with E-state index in [-0.39, 0.29) is 12.1 Å². The van der Waals surface area contributed by atoms with Gasteiger partial charge in [-0.05, 0) is 6.42 Å². The second-order valence-corrected chi connectivity index (χ2v) is 3.62. The van der Waals surface area contributed by atoms with Gasteiger partial charge in [0.2, 0.25) is 0 Å². The van der Waals surface area contributed by atoms with Gasteiger partial charge in [-0.3, -0.25) is 0 Å². The van der Waals surface area contributed by atoms with E-state index in [1.54, 1.807) is 12.1 Å². The highest BCUT2D eigenvalue weighted by Gasteiger charge is 2.49. The second kappa shape index (κ2) is 2.65. The maximum absolute atomic E-state index is 9.51. The van der Waals surface area contributed by atoms with E-state index in [0.29, 0.717) is 6.42 Å². The van der Waals surface area contributed by atoms with Crippen molar-refractivity contribution in [3.05, 3.63) is 0 Å². The number of nitrogens with zero attached hydrogens (tertiary/aromatic N) is 1. The molecule has 2 bridgehead atoms. The number of hydrogen-bond donors (Lipinski definition) is 4. The average molecular weight is 174 g/mol. The quantitative estimate of drug-likeness (QED) is 0.331. The van der Waals surface area contributed by atoms with Gasteiger partial charge in [-0.25, -0.2) is 10.4 Å². The maximum Gasteiger partial charge on any atom is 0.109 e. The minimum Gasteiger partial charge on any atom is -0.389 e. The molecule has 70 valence electrons. The Morgan fingerprint density at radius 3 is 2.50 bits per heavy atom. The first-order valence-electron chi connectivity index (χ1n) is 4.14. The highest BCUT2D eigenvalue weighted by atomic mass is 16.4. The molecule has 2 rings (SSSR count). The predicted molar refractivity (Wildman–Crippen MR) is 41.1 cm³/mol. The normalized spacial score (nSPS) is 54.5. The van der Waals surface area contributed by atoms with Crippen molar-refractivity contribution in [3.8, 4) is 0 Å². The largest absolute Gasteiger partial charge is 0.389 e. The summed E-state index contributed by atoms with van der Waals surface area (Å²) in [5, 5.41) is 30.1. The van der Waals surface area contributed by atoms with Crippen LogP contribution in [-0.2, 0) is 0 Å². The van der Waals surface area contributed by atoms with Crippen LogP contribution in [0.25, 0.3) is 0 Å². The fourth-order valence-electron chi connectivity index (χ4n) is 2.08. The summed E-state index contributed by atoms with van der Waals surface area (Å²) in [5.74, 6) is 0. The van der Waals surface area contributed by atoms with Gasteiger partial charge in [0.15, 0.2) is 0 Å². The van der Waals surface area contributed by atoms with Gasteiger partial charge >= 0.3 is 0 Å². The summed E-state index contributed by atoms with van der Waals surface area (Å²) >= 11 is 0. The lowest BCUT2D eigenvalue weighted by molar-refractivity contribution is -0.0959. The Morgan fingerprint density at radius 2 is 1.83 bits per heavy atom. The SMILES string of the molecule is CN1N[C@H]2C[C@@H]1[C@H](O)[C@@H](O)[C@@H]2O. The number of aliphatic hydroxyl groups is 3. The monoisotopic (exact) mass is 174 g/mol. The first-order valence-corrected chi connectivity index (χ1v) is 4.14. The van der Waals surface area contributed by atoms with E-state index in [9.17, 15) is 15.3 Å². The molecule has 1 heterocycles. The Labute approximate surface area is 70.6 Å². The molecule has 5 heteroatoms. The number of hydrazine groups is 1. The summed E-state index contributed by atoms with van der Waals surface area (Å²) in [6, 6.07) is -0.188. The van der Waals surface area contributed by atoms with Crippen LogP contribution >= 0.6 is 0 Å². The molecule has 0 amide bonds. The van der Waals surface area contributed by atoms with Gasteiger partial charge in [0.05, 0.1) is 24.3 Å². The van der Waals surface area contributed by atoms with Crippen molar-refractivity contribution in [2.45, 2.75) is 36.8 Å². The molecule has 1 aliphatic carbocycles. The number of nitrogens with one attached hydrogen (secondary N) is 1. The highest BCUT2D eigenvalue weighted by Crippen LogP contribution is 2.28. The van der Waals surface area contributed by atoms with E-state index < -0.39 is 18.3 Å². The molecule has 12 heavy (non-hydrogen) atoms. The van der Waals surface area contributed by atoms with E-state index in [1.165, 1.54) is 0 Å². The molecule has 4 N–H and O–H groups in total. The minimum atomic E-state index is -1.02. The summed E-state index contributed by atoms with van der Waals surface area (Å²) in [7, 11) is 1.80. The van der Waals surface area contributed by atoms with Gasteiger partial charge in [-0.15, -0.1) is 0 Å². The van der Waals surface area contributed by atoms with Crippen LogP contribution in [0.15, 0.2) is 0 Å². The molecular weight excluding hydrogens is 160 g/mol. The summed E-state index contributed by atoms with van der Waals surface area (Å²) in [5.41, 5.74) is 2.99. The zero-order chi connectivity index (χ0) is 8.88. The molecule has 0 aromatic carbocycles. The molecule has 1 saturated carbocycles. The Bertz CT molecular complexity index is 185. The Hall–Kier alpha value is -0.200. The number of rotatable bonds is 0. The maximum atomic E-state index is 9.51. The highest BCUT2D eigenvalue weighted by molar-refractivity contribution is 5.02. The van der Waals surface area contributed by atoms with E-state index in [1.807, 2.05) is 0 Å². The molecule has 0 radical (unpaired) electrons. The predicted octanol–water partition coefficient (Wildman–Crippen LogP) is -2.34. The van der Waals surface area contributed by atoms with Crippen LogP contribution in [-0.4, -0.2) is 57.8 Å². The van der Waals surface area contributed by atoms with Crippen LogP contribution in [0.3, 0.4) is 0 Å². The molecular formula is C7H14N2O3. The van der Waals surface area contributed by atoms with Gasteiger partial charge in [0, 0.05) is 7.05 Å². The molecule has 0 aromatic rings. The Balaban J connectivity index is 2.20. The third-order valence-corrected chi connectivity index (χ3v) is 2.87. The lowest BCUT2D eigenvalue weighted by Gasteiger charge is -2.33. The van der Waals surface area contributed by atoms with Crippen molar-refractivity contribution in [2.24, 2.45) is 0 Å². The minimum absolute atomic E-state index is 0.0756. The molecule has 2 fully saturated rings. The fraction of sp³-hybridized carbons (Fsp3) is 1.00. The third-order valence-electron chi connectivity index (χ3n) is 2.87. The summed E-state index contributed by atoms with van der Waals surface area (Å²) in [6.07, 6.45) is -2.04. The summed E-state index contributed by atoms with van der Waals surface area (Å²) < 4.78 is 0. The topological polar surface area (TPSA) is 76.0 Å². The number of hydrogen-bond acceptors (Lipinski definition) is 5. The average Bonchev–Trinajstić information content (AvgIpc) is 2.39. The zero-order valence-corrected chi connectivity index (χ0v) is 6.88. The molecule has 1 aliphatic heterocycles.